The van der Waals surface area contributed by atoms with Crippen LogP contribution < -0.4 is 5.32 Å². The van der Waals surface area contributed by atoms with Crippen LogP contribution in [0.15, 0.2) is 0 Å². The summed E-state index contributed by atoms with van der Waals surface area (Å²) in [7, 11) is -3.08. The molecule has 2 heterocycles. The number of nitrogens with one attached hydrogen (secondary N) is 1. The van der Waals surface area contributed by atoms with Crippen LogP contribution in [0.25, 0.3) is 0 Å². The van der Waals surface area contributed by atoms with E-state index in [9.17, 15) is 13.5 Å². The molecule has 0 bridgehead atoms. The highest BCUT2D eigenvalue weighted by atomic mass is 32.2. The summed E-state index contributed by atoms with van der Waals surface area (Å²) in [6.07, 6.45) is 0.747. The molecule has 2 aliphatic rings. The van der Waals surface area contributed by atoms with Gasteiger partial charge in [-0.05, 0) is 31.8 Å². The molecule has 2 fully saturated rings. The summed E-state index contributed by atoms with van der Waals surface area (Å²) in [4.78, 5) is 0. The van der Waals surface area contributed by atoms with E-state index in [2.05, 4.69) is 5.32 Å². The van der Waals surface area contributed by atoms with Crippen molar-refractivity contribution in [2.24, 2.45) is 5.92 Å². The van der Waals surface area contributed by atoms with Gasteiger partial charge in [-0.3, -0.25) is 0 Å². The van der Waals surface area contributed by atoms with E-state index >= 15 is 0 Å². The highest BCUT2D eigenvalue weighted by Gasteiger charge is 2.37. The smallest absolute Gasteiger partial charge is 0.155 e. The molecule has 16 heavy (non-hydrogen) atoms. The summed E-state index contributed by atoms with van der Waals surface area (Å²) in [5.41, 5.74) is 0. The minimum Gasteiger partial charge on any atom is -0.389 e. The minimum absolute atomic E-state index is 0.0307. The van der Waals surface area contributed by atoms with Crippen LogP contribution in [-0.4, -0.2) is 56.9 Å². The molecular weight excluding hydrogens is 230 g/mol. The molecule has 6 heteroatoms. The third-order valence-electron chi connectivity index (χ3n) is 3.29. The fraction of sp³-hybridized carbons (Fsp3) is 1.00. The van der Waals surface area contributed by atoms with Gasteiger partial charge in [-0.2, -0.15) is 0 Å². The Balaban J connectivity index is 1.70. The summed E-state index contributed by atoms with van der Waals surface area (Å²) in [5, 5.41) is 12.8. The Bertz CT molecular complexity index is 324. The van der Waals surface area contributed by atoms with E-state index in [1.54, 1.807) is 0 Å². The summed E-state index contributed by atoms with van der Waals surface area (Å²) in [5.74, 6) is 0.454. The van der Waals surface area contributed by atoms with Crippen molar-refractivity contribution < 1.29 is 18.3 Å². The van der Waals surface area contributed by atoms with Gasteiger partial charge in [0.25, 0.3) is 0 Å². The minimum atomic E-state index is -3.08. The van der Waals surface area contributed by atoms with Gasteiger partial charge in [0, 0.05) is 6.61 Å². The van der Waals surface area contributed by atoms with Crippen LogP contribution in [0.5, 0.6) is 0 Å². The van der Waals surface area contributed by atoms with Crippen molar-refractivity contribution in [3.8, 4) is 0 Å². The highest BCUT2D eigenvalue weighted by Crippen LogP contribution is 2.18. The lowest BCUT2D eigenvalue weighted by atomic mass is 10.1. The second-order valence-electron chi connectivity index (χ2n) is 4.70. The average molecular weight is 249 g/mol. The zero-order valence-corrected chi connectivity index (χ0v) is 10.1. The maximum Gasteiger partial charge on any atom is 0.155 e. The number of aliphatic hydroxyl groups excluding tert-OH is 1. The summed E-state index contributed by atoms with van der Waals surface area (Å²) < 4.78 is 27.9. The predicted octanol–water partition coefficient (Wildman–Crippen LogP) is -0.839. The molecule has 5 nitrogen and oxygen atoms in total. The quantitative estimate of drug-likeness (QED) is 0.679. The Labute approximate surface area is 96.1 Å². The lowest BCUT2D eigenvalue weighted by molar-refractivity contribution is -0.0117. The summed E-state index contributed by atoms with van der Waals surface area (Å²) in [6.45, 7) is 2.63. The van der Waals surface area contributed by atoms with Crippen LogP contribution in [0.2, 0.25) is 0 Å². The van der Waals surface area contributed by atoms with Crippen molar-refractivity contribution in [1.29, 1.82) is 0 Å². The number of sulfone groups is 1. The molecule has 94 valence electrons. The fourth-order valence-electron chi connectivity index (χ4n) is 2.30. The molecule has 2 aliphatic heterocycles. The number of rotatable bonds is 4. The largest absolute Gasteiger partial charge is 0.389 e. The molecule has 2 N–H and O–H groups in total. The van der Waals surface area contributed by atoms with Crippen LogP contribution in [0.3, 0.4) is 0 Å². The topological polar surface area (TPSA) is 75.6 Å². The van der Waals surface area contributed by atoms with Crippen LogP contribution in [0.4, 0.5) is 0 Å². The van der Waals surface area contributed by atoms with Crippen molar-refractivity contribution >= 4 is 9.84 Å². The molecule has 2 saturated heterocycles. The van der Waals surface area contributed by atoms with Gasteiger partial charge in [0.2, 0.25) is 0 Å². The van der Waals surface area contributed by atoms with E-state index < -0.39 is 22.0 Å². The molecule has 3 unspecified atom stereocenters. The number of aliphatic hydroxyl groups is 1. The van der Waals surface area contributed by atoms with Gasteiger partial charge < -0.3 is 15.2 Å². The number of hydrogen-bond acceptors (Lipinski definition) is 5. The Kier molecular flexibility index (Phi) is 3.84. The summed E-state index contributed by atoms with van der Waals surface area (Å²) >= 11 is 0. The Morgan fingerprint density at radius 2 is 2.19 bits per heavy atom. The molecule has 0 aliphatic carbocycles. The maximum atomic E-state index is 11.2. The van der Waals surface area contributed by atoms with Crippen LogP contribution in [0.1, 0.15) is 12.8 Å². The van der Waals surface area contributed by atoms with Crippen LogP contribution in [0, 0.1) is 5.92 Å². The molecule has 0 amide bonds. The van der Waals surface area contributed by atoms with Gasteiger partial charge in [-0.25, -0.2) is 8.42 Å². The van der Waals surface area contributed by atoms with Gasteiger partial charge >= 0.3 is 0 Å². The van der Waals surface area contributed by atoms with E-state index in [-0.39, 0.29) is 11.5 Å². The first-order chi connectivity index (χ1) is 7.57. The van der Waals surface area contributed by atoms with Crippen molar-refractivity contribution in [3.05, 3.63) is 0 Å². The number of ether oxygens (including phenoxy) is 1. The Morgan fingerprint density at radius 3 is 2.75 bits per heavy atom. The van der Waals surface area contributed by atoms with E-state index in [1.165, 1.54) is 0 Å². The molecular formula is C10H19NO4S. The molecule has 0 aromatic carbocycles. The van der Waals surface area contributed by atoms with Gasteiger partial charge in [0.05, 0.1) is 23.7 Å². The van der Waals surface area contributed by atoms with Gasteiger partial charge in [0.1, 0.15) is 0 Å². The van der Waals surface area contributed by atoms with Gasteiger partial charge in [-0.1, -0.05) is 0 Å². The first kappa shape index (κ1) is 12.3. The monoisotopic (exact) mass is 249 g/mol. The molecule has 3 atom stereocenters. The molecule has 0 radical (unpaired) electrons. The maximum absolute atomic E-state index is 11.2. The van der Waals surface area contributed by atoms with Crippen molar-refractivity contribution in [3.63, 3.8) is 0 Å². The van der Waals surface area contributed by atoms with E-state index in [0.717, 1.165) is 25.9 Å². The van der Waals surface area contributed by atoms with Crippen molar-refractivity contribution in [1.82, 2.24) is 5.32 Å². The average Bonchev–Trinajstić information content (AvgIpc) is 2.75. The second-order valence-corrected chi connectivity index (χ2v) is 6.85. The van der Waals surface area contributed by atoms with Crippen LogP contribution in [-0.2, 0) is 14.6 Å². The lowest BCUT2D eigenvalue weighted by Crippen LogP contribution is -2.27. The van der Waals surface area contributed by atoms with Crippen molar-refractivity contribution in [2.45, 2.75) is 25.0 Å². The van der Waals surface area contributed by atoms with Gasteiger partial charge in [0.15, 0.2) is 9.84 Å². The molecule has 2 rings (SSSR count). The third-order valence-corrected chi connectivity index (χ3v) is 4.98. The number of hydrogen-bond donors (Lipinski definition) is 2. The van der Waals surface area contributed by atoms with Crippen LogP contribution >= 0.6 is 0 Å². The molecule has 0 aromatic heterocycles. The van der Waals surface area contributed by atoms with E-state index in [0.29, 0.717) is 12.5 Å². The van der Waals surface area contributed by atoms with E-state index in [4.69, 9.17) is 4.74 Å². The predicted molar refractivity (Wildman–Crippen MR) is 60.0 cm³/mol. The Hall–Kier alpha value is -0.170. The molecule has 0 spiro atoms. The SMILES string of the molecule is O=S1(=O)CC(O)C(OCCC2CCNC2)C1. The standard InChI is InChI=1S/C10H19NO4S/c12-9-6-16(13,14)7-10(9)15-4-2-8-1-3-11-5-8/h8-12H,1-7H2. The van der Waals surface area contributed by atoms with E-state index in [1.807, 2.05) is 0 Å². The Morgan fingerprint density at radius 1 is 1.38 bits per heavy atom. The molecule has 0 aromatic rings. The molecule has 0 saturated carbocycles. The third kappa shape index (κ3) is 3.16. The first-order valence-corrected chi connectivity index (χ1v) is 7.60. The second kappa shape index (κ2) is 5.00. The van der Waals surface area contributed by atoms with Gasteiger partial charge in [-0.15, -0.1) is 0 Å². The normalized spacial score (nSPS) is 37.9. The first-order valence-electron chi connectivity index (χ1n) is 5.77. The fourth-order valence-corrected chi connectivity index (χ4v) is 3.99. The highest BCUT2D eigenvalue weighted by molar-refractivity contribution is 7.91. The zero-order valence-electron chi connectivity index (χ0n) is 9.26. The zero-order chi connectivity index (χ0) is 11.6. The van der Waals surface area contributed by atoms with Crippen molar-refractivity contribution in [2.75, 3.05) is 31.2 Å². The lowest BCUT2D eigenvalue weighted by Gasteiger charge is -2.15. The summed E-state index contributed by atoms with van der Waals surface area (Å²) in [6, 6.07) is 0.